The Kier molecular flexibility index (Phi) is 4.76. The van der Waals surface area contributed by atoms with E-state index in [2.05, 4.69) is 35.3 Å². The van der Waals surface area contributed by atoms with Gasteiger partial charge in [0.2, 0.25) is 0 Å². The molecule has 0 spiro atoms. The summed E-state index contributed by atoms with van der Waals surface area (Å²) in [7, 11) is 4.06. The van der Waals surface area contributed by atoms with Gasteiger partial charge < -0.3 is 18.9 Å². The molecular formula is C18H27N5O. The number of carbonyl (C=O) groups is 1. The van der Waals surface area contributed by atoms with E-state index in [-0.39, 0.29) is 5.91 Å². The fraction of sp³-hybridized carbons (Fsp3) is 0.556. The number of aromatic nitrogens is 3. The van der Waals surface area contributed by atoms with Crippen LogP contribution >= 0.6 is 0 Å². The van der Waals surface area contributed by atoms with Crippen LogP contribution in [-0.2, 0) is 20.1 Å². The van der Waals surface area contributed by atoms with Crippen molar-refractivity contribution in [3.05, 3.63) is 42.2 Å². The summed E-state index contributed by atoms with van der Waals surface area (Å²) in [5.41, 5.74) is 0.728. The van der Waals surface area contributed by atoms with E-state index in [0.717, 1.165) is 31.2 Å². The monoisotopic (exact) mass is 329 g/mol. The minimum atomic E-state index is 0.0798. The minimum absolute atomic E-state index is 0.0798. The van der Waals surface area contributed by atoms with Crippen molar-refractivity contribution < 1.29 is 4.79 Å². The van der Waals surface area contributed by atoms with Gasteiger partial charge >= 0.3 is 0 Å². The lowest BCUT2D eigenvalue weighted by Crippen LogP contribution is -2.40. The Hall–Kier alpha value is -2.08. The van der Waals surface area contributed by atoms with Crippen LogP contribution in [0, 0.1) is 5.92 Å². The molecule has 6 heteroatoms. The molecule has 0 aliphatic carbocycles. The number of nitrogens with zero attached hydrogens (tertiary/aromatic N) is 5. The summed E-state index contributed by atoms with van der Waals surface area (Å²) in [6.07, 6.45) is 5.76. The van der Waals surface area contributed by atoms with E-state index in [1.54, 1.807) is 0 Å². The Balaban J connectivity index is 1.84. The van der Waals surface area contributed by atoms with Gasteiger partial charge in [0.25, 0.3) is 5.91 Å². The summed E-state index contributed by atoms with van der Waals surface area (Å²) < 4.78 is 4.08. The van der Waals surface area contributed by atoms with Crippen molar-refractivity contribution >= 4 is 5.91 Å². The largest absolute Gasteiger partial charge is 0.347 e. The molecule has 2 aromatic rings. The summed E-state index contributed by atoms with van der Waals surface area (Å²) in [4.78, 5) is 21.7. The number of imidazole rings is 1. The van der Waals surface area contributed by atoms with Gasteiger partial charge in [-0.15, -0.1) is 0 Å². The van der Waals surface area contributed by atoms with Gasteiger partial charge in [-0.2, -0.15) is 0 Å². The van der Waals surface area contributed by atoms with Crippen LogP contribution in [0.5, 0.6) is 0 Å². The highest BCUT2D eigenvalue weighted by Gasteiger charge is 2.28. The standard InChI is InChI=1S/C18H27N5O/c1-14(2)21(4)10-15-11-22-9-7-19-17(22)13-23(12-15)18(24)16-6-5-8-20(16)3/h5-9,14-15H,10-13H2,1-4H3. The zero-order valence-electron chi connectivity index (χ0n) is 15.0. The van der Waals surface area contributed by atoms with E-state index in [9.17, 15) is 4.79 Å². The molecule has 0 bridgehead atoms. The molecule has 1 aliphatic rings. The molecule has 1 unspecified atom stereocenters. The molecule has 3 rings (SSSR count). The Labute approximate surface area is 143 Å². The highest BCUT2D eigenvalue weighted by Crippen LogP contribution is 2.19. The van der Waals surface area contributed by atoms with Crippen LogP contribution in [0.15, 0.2) is 30.7 Å². The fourth-order valence-electron chi connectivity index (χ4n) is 3.27. The maximum Gasteiger partial charge on any atom is 0.270 e. The maximum atomic E-state index is 13.0. The van der Waals surface area contributed by atoms with Crippen LogP contribution in [-0.4, -0.2) is 56.0 Å². The van der Waals surface area contributed by atoms with E-state index in [0.29, 0.717) is 18.5 Å². The van der Waals surface area contributed by atoms with Crippen molar-refractivity contribution in [2.75, 3.05) is 20.1 Å². The molecule has 0 saturated carbocycles. The van der Waals surface area contributed by atoms with Gasteiger partial charge in [0.15, 0.2) is 0 Å². The van der Waals surface area contributed by atoms with Gasteiger partial charge in [0.05, 0.1) is 6.54 Å². The second-order valence-corrected chi connectivity index (χ2v) is 7.09. The topological polar surface area (TPSA) is 46.3 Å². The number of hydrogen-bond donors (Lipinski definition) is 0. The molecule has 3 heterocycles. The Bertz CT molecular complexity index is 702. The predicted octanol–water partition coefficient (Wildman–Crippen LogP) is 1.83. The summed E-state index contributed by atoms with van der Waals surface area (Å²) in [6, 6.07) is 4.29. The SMILES string of the molecule is CC(C)N(C)CC1CN(C(=O)c2cccn2C)Cc2nccn2C1. The van der Waals surface area contributed by atoms with Crippen LogP contribution in [0.4, 0.5) is 0 Å². The molecule has 2 aromatic heterocycles. The third-order valence-electron chi connectivity index (χ3n) is 4.95. The molecule has 130 valence electrons. The number of carbonyl (C=O) groups excluding carboxylic acids is 1. The molecule has 0 radical (unpaired) electrons. The second kappa shape index (κ2) is 6.81. The van der Waals surface area contributed by atoms with Crippen LogP contribution in [0.1, 0.15) is 30.2 Å². The summed E-state index contributed by atoms with van der Waals surface area (Å²) >= 11 is 0. The third-order valence-corrected chi connectivity index (χ3v) is 4.95. The highest BCUT2D eigenvalue weighted by molar-refractivity contribution is 5.92. The van der Waals surface area contributed by atoms with Crippen molar-refractivity contribution in [3.8, 4) is 0 Å². The zero-order chi connectivity index (χ0) is 17.3. The summed E-state index contributed by atoms with van der Waals surface area (Å²) in [5.74, 6) is 1.43. The molecule has 1 amide bonds. The van der Waals surface area contributed by atoms with E-state index < -0.39 is 0 Å². The minimum Gasteiger partial charge on any atom is -0.347 e. The van der Waals surface area contributed by atoms with Crippen molar-refractivity contribution in [1.82, 2.24) is 23.9 Å². The van der Waals surface area contributed by atoms with Crippen LogP contribution in [0.25, 0.3) is 0 Å². The molecule has 1 aliphatic heterocycles. The van der Waals surface area contributed by atoms with Gasteiger partial charge in [0.1, 0.15) is 11.5 Å². The quantitative estimate of drug-likeness (QED) is 0.860. The fourth-order valence-corrected chi connectivity index (χ4v) is 3.27. The van der Waals surface area contributed by atoms with Crippen molar-refractivity contribution in [2.45, 2.75) is 33.0 Å². The molecule has 0 fully saturated rings. The lowest BCUT2D eigenvalue weighted by molar-refractivity contribution is 0.0693. The Morgan fingerprint density at radius 1 is 1.38 bits per heavy atom. The molecule has 1 atom stereocenters. The van der Waals surface area contributed by atoms with Crippen LogP contribution in [0.2, 0.25) is 0 Å². The van der Waals surface area contributed by atoms with E-state index in [1.165, 1.54) is 0 Å². The smallest absolute Gasteiger partial charge is 0.270 e. The average Bonchev–Trinajstić information content (AvgIpc) is 3.11. The van der Waals surface area contributed by atoms with Crippen molar-refractivity contribution in [2.24, 2.45) is 13.0 Å². The van der Waals surface area contributed by atoms with Gasteiger partial charge in [-0.05, 0) is 33.0 Å². The molecule has 0 aromatic carbocycles. The predicted molar refractivity (Wildman–Crippen MR) is 93.6 cm³/mol. The first-order chi connectivity index (χ1) is 11.5. The normalized spacial score (nSPS) is 18.1. The van der Waals surface area contributed by atoms with E-state index in [1.807, 2.05) is 47.2 Å². The zero-order valence-corrected chi connectivity index (χ0v) is 15.0. The molecule has 0 N–H and O–H groups in total. The van der Waals surface area contributed by atoms with Crippen LogP contribution < -0.4 is 0 Å². The molecule has 24 heavy (non-hydrogen) atoms. The van der Waals surface area contributed by atoms with E-state index in [4.69, 9.17) is 0 Å². The van der Waals surface area contributed by atoms with Gasteiger partial charge in [-0.25, -0.2) is 4.98 Å². The average molecular weight is 329 g/mol. The first kappa shape index (κ1) is 16.8. The number of rotatable bonds is 4. The number of aryl methyl sites for hydroxylation is 1. The second-order valence-electron chi connectivity index (χ2n) is 7.09. The molecule has 6 nitrogen and oxygen atoms in total. The number of amides is 1. The third kappa shape index (κ3) is 3.38. The summed E-state index contributed by atoms with van der Waals surface area (Å²) in [6.45, 7) is 7.59. The van der Waals surface area contributed by atoms with E-state index >= 15 is 0 Å². The van der Waals surface area contributed by atoms with Crippen molar-refractivity contribution in [3.63, 3.8) is 0 Å². The van der Waals surface area contributed by atoms with Crippen molar-refractivity contribution in [1.29, 1.82) is 0 Å². The number of hydrogen-bond acceptors (Lipinski definition) is 3. The van der Waals surface area contributed by atoms with Gasteiger partial charge in [-0.3, -0.25) is 4.79 Å². The summed E-state index contributed by atoms with van der Waals surface area (Å²) in [5, 5.41) is 0. The highest BCUT2D eigenvalue weighted by atomic mass is 16.2. The van der Waals surface area contributed by atoms with Gasteiger partial charge in [-0.1, -0.05) is 0 Å². The maximum absolute atomic E-state index is 13.0. The lowest BCUT2D eigenvalue weighted by Gasteiger charge is -2.29. The van der Waals surface area contributed by atoms with Crippen LogP contribution in [0.3, 0.4) is 0 Å². The first-order valence-electron chi connectivity index (χ1n) is 8.56. The first-order valence-corrected chi connectivity index (χ1v) is 8.56. The Morgan fingerprint density at radius 3 is 2.83 bits per heavy atom. The lowest BCUT2D eigenvalue weighted by atomic mass is 10.1. The van der Waals surface area contributed by atoms with Gasteiger partial charge in [0, 0.05) is 57.2 Å². The molecular weight excluding hydrogens is 302 g/mol. The Morgan fingerprint density at radius 2 is 2.17 bits per heavy atom. The number of fused-ring (bicyclic) bond motifs is 1. The molecule has 0 saturated heterocycles.